The Bertz CT molecular complexity index is 1030. The molecule has 7 nitrogen and oxygen atoms in total. The van der Waals surface area contributed by atoms with Crippen molar-refractivity contribution >= 4 is 44.8 Å². The molecule has 1 aliphatic heterocycles. The molecule has 0 saturated carbocycles. The maximum Gasteiger partial charge on any atom is 0.232 e. The third-order valence-corrected chi connectivity index (χ3v) is 6.23. The van der Waals surface area contributed by atoms with Crippen LogP contribution in [0.5, 0.6) is 5.75 Å². The van der Waals surface area contributed by atoms with Crippen LogP contribution >= 0.6 is 22.7 Å². The number of hydrogen-bond acceptors (Lipinski definition) is 7. The van der Waals surface area contributed by atoms with Crippen LogP contribution in [-0.4, -0.2) is 34.9 Å². The lowest BCUT2D eigenvalue weighted by atomic mass is 10.2. The highest BCUT2D eigenvalue weighted by atomic mass is 32.1. The van der Waals surface area contributed by atoms with Crippen LogP contribution in [0.2, 0.25) is 0 Å². The molecule has 1 saturated heterocycles. The Morgan fingerprint density at radius 1 is 1.20 bits per heavy atom. The molecule has 2 amide bonds. The number of benzene rings is 1. The molecule has 2 aromatic heterocycles. The summed E-state index contributed by atoms with van der Waals surface area (Å²) in [5.41, 5.74) is 2.43. The monoisotopic (exact) mass is 442 g/mol. The van der Waals surface area contributed by atoms with Crippen LogP contribution in [0, 0.1) is 0 Å². The largest absolute Gasteiger partial charge is 0.494 e. The van der Waals surface area contributed by atoms with Crippen LogP contribution in [0.15, 0.2) is 35.0 Å². The van der Waals surface area contributed by atoms with E-state index in [9.17, 15) is 9.59 Å². The van der Waals surface area contributed by atoms with Gasteiger partial charge in [0.2, 0.25) is 11.8 Å². The van der Waals surface area contributed by atoms with Crippen LogP contribution in [0.3, 0.4) is 0 Å². The van der Waals surface area contributed by atoms with Gasteiger partial charge in [-0.15, -0.1) is 22.7 Å². The first-order valence-electron chi connectivity index (χ1n) is 9.86. The van der Waals surface area contributed by atoms with Gasteiger partial charge in [0.05, 0.1) is 24.4 Å². The van der Waals surface area contributed by atoms with E-state index in [2.05, 4.69) is 22.2 Å². The van der Waals surface area contributed by atoms with E-state index < -0.39 is 0 Å². The van der Waals surface area contributed by atoms with Crippen molar-refractivity contribution in [2.45, 2.75) is 32.6 Å². The highest BCUT2D eigenvalue weighted by molar-refractivity contribution is 7.14. The number of rotatable bonds is 8. The van der Waals surface area contributed by atoms with Crippen LogP contribution in [0.25, 0.3) is 11.3 Å². The summed E-state index contributed by atoms with van der Waals surface area (Å²) in [5.74, 6) is 0.757. The van der Waals surface area contributed by atoms with Gasteiger partial charge in [-0.1, -0.05) is 6.92 Å². The average molecular weight is 443 g/mol. The molecule has 9 heteroatoms. The van der Waals surface area contributed by atoms with E-state index in [-0.39, 0.29) is 18.2 Å². The first-order valence-corrected chi connectivity index (χ1v) is 11.6. The van der Waals surface area contributed by atoms with Gasteiger partial charge in [0.15, 0.2) is 10.3 Å². The molecule has 1 aliphatic rings. The van der Waals surface area contributed by atoms with Gasteiger partial charge in [-0.05, 0) is 37.1 Å². The Kier molecular flexibility index (Phi) is 6.39. The molecule has 1 N–H and O–H groups in total. The summed E-state index contributed by atoms with van der Waals surface area (Å²) in [6.45, 7) is 3.47. The fourth-order valence-electron chi connectivity index (χ4n) is 3.09. The predicted octanol–water partition coefficient (Wildman–Crippen LogP) is 4.36. The SMILES string of the molecule is CCCOc1ccc(-c2csc(NC(=O)Cc3csc(N4CCCC4=O)n3)n2)cc1. The number of aromatic nitrogens is 2. The molecule has 0 radical (unpaired) electrons. The van der Waals surface area contributed by atoms with E-state index >= 15 is 0 Å². The topological polar surface area (TPSA) is 84.4 Å². The molecule has 0 spiro atoms. The van der Waals surface area contributed by atoms with E-state index in [1.165, 1.54) is 22.7 Å². The number of anilines is 2. The number of nitrogens with one attached hydrogen (secondary N) is 1. The molecule has 0 unspecified atom stereocenters. The minimum atomic E-state index is -0.177. The van der Waals surface area contributed by atoms with Gasteiger partial charge in [0, 0.05) is 29.3 Å². The van der Waals surface area contributed by atoms with Crippen molar-refractivity contribution in [1.29, 1.82) is 0 Å². The first kappa shape index (κ1) is 20.5. The van der Waals surface area contributed by atoms with E-state index in [0.29, 0.717) is 35.5 Å². The summed E-state index contributed by atoms with van der Waals surface area (Å²) in [6, 6.07) is 7.77. The van der Waals surface area contributed by atoms with Crippen molar-refractivity contribution in [3.63, 3.8) is 0 Å². The quantitative estimate of drug-likeness (QED) is 0.560. The van der Waals surface area contributed by atoms with Crippen molar-refractivity contribution < 1.29 is 14.3 Å². The number of carbonyl (C=O) groups is 2. The number of thiazole rings is 2. The van der Waals surface area contributed by atoms with Gasteiger partial charge in [0.1, 0.15) is 5.75 Å². The molecule has 0 atom stereocenters. The normalized spacial score (nSPS) is 13.6. The highest BCUT2D eigenvalue weighted by Crippen LogP contribution is 2.28. The van der Waals surface area contributed by atoms with E-state index in [1.807, 2.05) is 35.0 Å². The molecule has 1 fully saturated rings. The Labute approximate surface area is 182 Å². The zero-order chi connectivity index (χ0) is 20.9. The van der Waals surface area contributed by atoms with Gasteiger partial charge in [-0.2, -0.15) is 0 Å². The zero-order valence-corrected chi connectivity index (χ0v) is 18.2. The summed E-state index contributed by atoms with van der Waals surface area (Å²) in [4.78, 5) is 34.9. The molecule has 30 heavy (non-hydrogen) atoms. The zero-order valence-electron chi connectivity index (χ0n) is 16.6. The number of ether oxygens (including phenoxy) is 1. The number of hydrogen-bond donors (Lipinski definition) is 1. The number of nitrogens with zero attached hydrogens (tertiary/aromatic N) is 3. The van der Waals surface area contributed by atoms with Gasteiger partial charge in [-0.25, -0.2) is 9.97 Å². The standard InChI is InChI=1S/C21H22N4O3S2/c1-2-10-28-16-7-5-14(6-8-16)17-13-29-20(23-17)24-18(26)11-15-12-30-21(22-15)25-9-3-4-19(25)27/h5-8,12-13H,2-4,9-11H2,1H3,(H,23,24,26). The second-order valence-electron chi connectivity index (χ2n) is 6.91. The van der Waals surface area contributed by atoms with Gasteiger partial charge < -0.3 is 10.1 Å². The fraction of sp³-hybridized carbons (Fsp3) is 0.333. The highest BCUT2D eigenvalue weighted by Gasteiger charge is 2.24. The fourth-order valence-corrected chi connectivity index (χ4v) is 4.69. The summed E-state index contributed by atoms with van der Waals surface area (Å²) >= 11 is 2.78. The molecule has 3 aromatic rings. The molecular weight excluding hydrogens is 420 g/mol. The lowest BCUT2D eigenvalue weighted by Gasteiger charge is -2.10. The van der Waals surface area contributed by atoms with Crippen LogP contribution in [0.1, 0.15) is 31.9 Å². The average Bonchev–Trinajstić information content (AvgIpc) is 3.48. The maximum absolute atomic E-state index is 12.4. The summed E-state index contributed by atoms with van der Waals surface area (Å²) < 4.78 is 5.60. The molecular formula is C21H22N4O3S2. The van der Waals surface area contributed by atoms with Crippen LogP contribution in [-0.2, 0) is 16.0 Å². The van der Waals surface area contributed by atoms with Crippen molar-refractivity contribution in [3.05, 3.63) is 40.7 Å². The van der Waals surface area contributed by atoms with Crippen LogP contribution in [0.4, 0.5) is 10.3 Å². The van der Waals surface area contributed by atoms with Crippen molar-refractivity contribution in [2.24, 2.45) is 0 Å². The lowest BCUT2D eigenvalue weighted by molar-refractivity contribution is -0.117. The molecule has 0 bridgehead atoms. The summed E-state index contributed by atoms with van der Waals surface area (Å²) in [6.07, 6.45) is 2.54. The minimum Gasteiger partial charge on any atom is -0.494 e. The maximum atomic E-state index is 12.4. The molecule has 4 rings (SSSR count). The second kappa shape index (κ2) is 9.36. The summed E-state index contributed by atoms with van der Waals surface area (Å²) in [7, 11) is 0. The lowest BCUT2D eigenvalue weighted by Crippen LogP contribution is -2.23. The Hall–Kier alpha value is -2.78. The minimum absolute atomic E-state index is 0.0978. The summed E-state index contributed by atoms with van der Waals surface area (Å²) in [5, 5.41) is 7.80. The Morgan fingerprint density at radius 3 is 2.77 bits per heavy atom. The number of amides is 2. The van der Waals surface area contributed by atoms with Gasteiger partial charge >= 0.3 is 0 Å². The number of carbonyl (C=O) groups excluding carboxylic acids is 2. The molecule has 0 aliphatic carbocycles. The Balaban J connectivity index is 1.34. The van der Waals surface area contributed by atoms with Crippen molar-refractivity contribution in [2.75, 3.05) is 23.4 Å². The van der Waals surface area contributed by atoms with E-state index in [0.717, 1.165) is 29.8 Å². The first-order chi connectivity index (χ1) is 14.6. The van der Waals surface area contributed by atoms with Gasteiger partial charge in [0.25, 0.3) is 0 Å². The van der Waals surface area contributed by atoms with E-state index in [4.69, 9.17) is 4.74 Å². The van der Waals surface area contributed by atoms with Crippen LogP contribution < -0.4 is 15.0 Å². The third kappa shape index (κ3) is 4.85. The smallest absolute Gasteiger partial charge is 0.232 e. The van der Waals surface area contributed by atoms with Crippen molar-refractivity contribution in [1.82, 2.24) is 9.97 Å². The predicted molar refractivity (Wildman–Crippen MR) is 119 cm³/mol. The Morgan fingerprint density at radius 2 is 2.03 bits per heavy atom. The molecule has 3 heterocycles. The van der Waals surface area contributed by atoms with Gasteiger partial charge in [-0.3, -0.25) is 14.5 Å². The second-order valence-corrected chi connectivity index (χ2v) is 8.60. The third-order valence-electron chi connectivity index (χ3n) is 4.56. The van der Waals surface area contributed by atoms with Crippen molar-refractivity contribution in [3.8, 4) is 17.0 Å². The molecule has 156 valence electrons. The van der Waals surface area contributed by atoms with E-state index in [1.54, 1.807) is 4.90 Å². The molecule has 1 aromatic carbocycles.